The molecule has 2 aromatic heterocycles. The third-order valence-electron chi connectivity index (χ3n) is 4.79. The van der Waals surface area contributed by atoms with E-state index in [1.165, 1.54) is 16.9 Å². The highest BCUT2D eigenvalue weighted by Crippen LogP contribution is 2.42. The van der Waals surface area contributed by atoms with Crippen LogP contribution in [0.25, 0.3) is 21.3 Å². The van der Waals surface area contributed by atoms with Crippen LogP contribution < -0.4 is 11.2 Å². The van der Waals surface area contributed by atoms with E-state index in [2.05, 4.69) is 12.6 Å². The normalized spacial score (nSPS) is 12.8. The molecule has 0 radical (unpaired) electrons. The minimum absolute atomic E-state index is 0.00390. The van der Waals surface area contributed by atoms with Crippen LogP contribution in [0.1, 0.15) is 17.4 Å². The van der Waals surface area contributed by atoms with Crippen LogP contribution in [-0.4, -0.2) is 20.8 Å². The summed E-state index contributed by atoms with van der Waals surface area (Å²) in [5.41, 5.74) is 3.41. The van der Waals surface area contributed by atoms with Crippen molar-refractivity contribution in [1.82, 2.24) is 9.13 Å². The topological polar surface area (TPSA) is 64.2 Å². The zero-order valence-electron chi connectivity index (χ0n) is 14.6. The molecule has 0 aliphatic heterocycles. The number of aliphatic hydroxyl groups excluding tert-OH is 1. The Hall–Kier alpha value is -2.44. The van der Waals surface area contributed by atoms with E-state index in [0.717, 1.165) is 39.0 Å². The molecule has 0 saturated heterocycles. The number of hydrogen-bond donors (Lipinski definition) is 1. The first kappa shape index (κ1) is 17.0. The number of fused-ring (bicyclic) bond motifs is 5. The average molecular weight is 368 g/mol. The summed E-state index contributed by atoms with van der Waals surface area (Å²) < 4.78 is 2.77. The molecule has 1 aromatic carbocycles. The first-order valence-corrected chi connectivity index (χ1v) is 9.47. The van der Waals surface area contributed by atoms with E-state index in [1.807, 2.05) is 25.1 Å². The van der Waals surface area contributed by atoms with Gasteiger partial charge >= 0.3 is 5.69 Å². The molecule has 0 amide bonds. The first-order valence-electron chi connectivity index (χ1n) is 8.65. The fraction of sp³-hybridized carbons (Fsp3) is 0.300. The zero-order chi connectivity index (χ0) is 18.4. The van der Waals surface area contributed by atoms with Gasteiger partial charge in [-0.05, 0) is 30.9 Å². The van der Waals surface area contributed by atoms with Gasteiger partial charge < -0.3 is 5.11 Å². The molecule has 0 bridgehead atoms. The van der Waals surface area contributed by atoms with Crippen molar-refractivity contribution in [3.05, 3.63) is 67.7 Å². The number of allylic oxidation sites excluding steroid dienone is 1. The first-order chi connectivity index (χ1) is 12.5. The highest BCUT2D eigenvalue weighted by atomic mass is 32.1. The molecule has 134 valence electrons. The highest BCUT2D eigenvalue weighted by Gasteiger charge is 2.26. The monoisotopic (exact) mass is 368 g/mol. The van der Waals surface area contributed by atoms with Crippen LogP contribution in [0.3, 0.4) is 0 Å². The maximum absolute atomic E-state index is 13.1. The average Bonchev–Trinajstić information content (AvgIpc) is 3.02. The van der Waals surface area contributed by atoms with Crippen LogP contribution in [0.2, 0.25) is 0 Å². The van der Waals surface area contributed by atoms with Crippen LogP contribution >= 0.6 is 11.3 Å². The summed E-state index contributed by atoms with van der Waals surface area (Å²) in [5, 5.41) is 9.93. The fourth-order valence-electron chi connectivity index (χ4n) is 3.71. The van der Waals surface area contributed by atoms with Crippen LogP contribution in [0.5, 0.6) is 0 Å². The van der Waals surface area contributed by atoms with Gasteiger partial charge in [-0.1, -0.05) is 36.4 Å². The molecule has 5 nitrogen and oxygen atoms in total. The number of aryl methyl sites for hydroxylation is 2. The van der Waals surface area contributed by atoms with Gasteiger partial charge in [0, 0.05) is 17.0 Å². The molecule has 6 heteroatoms. The predicted octanol–water partition coefficient (Wildman–Crippen LogP) is 2.56. The molecule has 0 unspecified atom stereocenters. The summed E-state index contributed by atoms with van der Waals surface area (Å²) in [7, 11) is 0. The molecule has 0 saturated carbocycles. The number of aliphatic hydroxyl groups is 1. The van der Waals surface area contributed by atoms with E-state index < -0.39 is 0 Å². The van der Waals surface area contributed by atoms with E-state index in [1.54, 1.807) is 4.57 Å². The number of hydrogen-bond acceptors (Lipinski definition) is 4. The number of rotatable bonds is 4. The lowest BCUT2D eigenvalue weighted by atomic mass is 9.89. The molecule has 1 N–H and O–H groups in total. The third-order valence-corrected chi connectivity index (χ3v) is 6.06. The quantitative estimate of drug-likeness (QED) is 0.720. The molecule has 0 atom stereocenters. The van der Waals surface area contributed by atoms with Crippen LogP contribution in [-0.2, 0) is 25.9 Å². The predicted molar refractivity (Wildman–Crippen MR) is 105 cm³/mol. The number of benzene rings is 1. The van der Waals surface area contributed by atoms with Gasteiger partial charge in [0.1, 0.15) is 4.83 Å². The number of nitrogens with zero attached hydrogens (tertiary/aromatic N) is 2. The Morgan fingerprint density at radius 3 is 2.73 bits per heavy atom. The third kappa shape index (κ3) is 2.48. The number of aromatic nitrogens is 2. The lowest BCUT2D eigenvalue weighted by molar-refractivity contribution is 0.270. The highest BCUT2D eigenvalue weighted by molar-refractivity contribution is 7.19. The number of thiophene rings is 1. The van der Waals surface area contributed by atoms with Crippen molar-refractivity contribution >= 4 is 21.6 Å². The minimum atomic E-state index is -0.383. The molecule has 0 spiro atoms. The summed E-state index contributed by atoms with van der Waals surface area (Å²) >= 11 is 1.53. The molecule has 1 aliphatic rings. The van der Waals surface area contributed by atoms with Gasteiger partial charge in [0.05, 0.1) is 18.5 Å². The molecular formula is C20H20N2O3S. The second-order valence-corrected chi connectivity index (χ2v) is 7.83. The SMILES string of the molecule is C=C(C)Cn1c(=O)n(CCO)c(=O)c2c3c(sc21)CCc1ccccc1-3. The van der Waals surface area contributed by atoms with Gasteiger partial charge in [-0.25, -0.2) is 4.79 Å². The summed E-state index contributed by atoms with van der Waals surface area (Å²) in [5.74, 6) is 0. The molecule has 4 rings (SSSR count). The smallest absolute Gasteiger partial charge is 0.332 e. The second-order valence-electron chi connectivity index (χ2n) is 6.74. The van der Waals surface area contributed by atoms with Crippen molar-refractivity contribution in [2.45, 2.75) is 32.9 Å². The second kappa shape index (κ2) is 6.37. The largest absolute Gasteiger partial charge is 0.395 e. The van der Waals surface area contributed by atoms with E-state index in [9.17, 15) is 14.7 Å². The van der Waals surface area contributed by atoms with Crippen molar-refractivity contribution in [3.63, 3.8) is 0 Å². The molecule has 3 aromatic rings. The Bertz CT molecular complexity index is 1150. The van der Waals surface area contributed by atoms with Crippen LogP contribution in [0.15, 0.2) is 46.0 Å². The lowest BCUT2D eigenvalue weighted by Gasteiger charge is -2.16. The van der Waals surface area contributed by atoms with Crippen LogP contribution in [0.4, 0.5) is 0 Å². The van der Waals surface area contributed by atoms with Crippen molar-refractivity contribution < 1.29 is 5.11 Å². The van der Waals surface area contributed by atoms with Gasteiger partial charge in [-0.2, -0.15) is 0 Å². The summed E-state index contributed by atoms with van der Waals surface area (Å²) in [4.78, 5) is 27.9. The fourth-order valence-corrected chi connectivity index (χ4v) is 5.00. The molecule has 2 heterocycles. The Labute approximate surface area is 154 Å². The van der Waals surface area contributed by atoms with Crippen molar-refractivity contribution in [1.29, 1.82) is 0 Å². The Morgan fingerprint density at radius 2 is 2.00 bits per heavy atom. The Morgan fingerprint density at radius 1 is 1.23 bits per heavy atom. The van der Waals surface area contributed by atoms with Crippen molar-refractivity contribution in [2.24, 2.45) is 0 Å². The summed E-state index contributed by atoms with van der Waals surface area (Å²) in [6.45, 7) is 5.89. The minimum Gasteiger partial charge on any atom is -0.395 e. The lowest BCUT2D eigenvalue weighted by Crippen LogP contribution is -2.40. The van der Waals surface area contributed by atoms with Gasteiger partial charge in [0.2, 0.25) is 0 Å². The van der Waals surface area contributed by atoms with E-state index >= 15 is 0 Å². The van der Waals surface area contributed by atoms with E-state index in [-0.39, 0.29) is 24.4 Å². The van der Waals surface area contributed by atoms with E-state index in [0.29, 0.717) is 16.8 Å². The maximum atomic E-state index is 13.1. The summed E-state index contributed by atoms with van der Waals surface area (Å²) in [6, 6.07) is 8.13. The zero-order valence-corrected chi connectivity index (χ0v) is 15.4. The van der Waals surface area contributed by atoms with Gasteiger partial charge in [0.15, 0.2) is 0 Å². The molecule has 1 aliphatic carbocycles. The van der Waals surface area contributed by atoms with E-state index in [4.69, 9.17) is 0 Å². The molecule has 0 fully saturated rings. The van der Waals surface area contributed by atoms with Gasteiger partial charge in [-0.15, -0.1) is 11.3 Å². The molecular weight excluding hydrogens is 348 g/mol. The van der Waals surface area contributed by atoms with Gasteiger partial charge in [-0.3, -0.25) is 13.9 Å². The standard InChI is InChI=1S/C20H20N2O3S/c1-12(2)11-22-19-17(18(24)21(9-10-23)20(22)25)16-14-6-4-3-5-13(14)7-8-15(16)26-19/h3-6,23H,1,7-11H2,2H3. The van der Waals surface area contributed by atoms with Crippen molar-refractivity contribution in [2.75, 3.05) is 6.61 Å². The van der Waals surface area contributed by atoms with Gasteiger partial charge in [0.25, 0.3) is 5.56 Å². The Kier molecular flexibility index (Phi) is 4.17. The summed E-state index contributed by atoms with van der Waals surface area (Å²) in [6.07, 6.45) is 1.80. The molecule has 26 heavy (non-hydrogen) atoms. The van der Waals surface area contributed by atoms with Crippen molar-refractivity contribution in [3.8, 4) is 11.1 Å². The maximum Gasteiger partial charge on any atom is 0.332 e. The van der Waals surface area contributed by atoms with Crippen LogP contribution in [0, 0.1) is 0 Å². The Balaban J connectivity index is 2.15.